The van der Waals surface area contributed by atoms with E-state index in [2.05, 4.69) is 24.3 Å². The number of alkyl halides is 1. The Morgan fingerprint density at radius 2 is 1.21 bits per heavy atom. The zero-order valence-electron chi connectivity index (χ0n) is 12.0. The molecule has 0 spiro atoms. The van der Waals surface area contributed by atoms with E-state index in [-0.39, 0.29) is 0 Å². The first-order valence-corrected chi connectivity index (χ1v) is 8.58. The van der Waals surface area contributed by atoms with Gasteiger partial charge in [-0.1, -0.05) is 75.6 Å². The van der Waals surface area contributed by atoms with E-state index in [1.807, 2.05) is 0 Å². The first kappa shape index (κ1) is 14.9. The highest BCUT2D eigenvalue weighted by Gasteiger charge is 2.12. The van der Waals surface area contributed by atoms with Crippen molar-refractivity contribution in [3.63, 3.8) is 0 Å². The first-order valence-electron chi connectivity index (χ1n) is 8.05. The van der Waals surface area contributed by atoms with Crippen molar-refractivity contribution < 1.29 is 0 Å². The molecule has 1 aromatic carbocycles. The van der Waals surface area contributed by atoms with E-state index in [0.717, 1.165) is 5.92 Å². The Labute approximate surface area is 123 Å². The smallest absolute Gasteiger partial charge is 0.0474 e. The van der Waals surface area contributed by atoms with Crippen LogP contribution in [-0.4, -0.2) is 0 Å². The second kappa shape index (κ2) is 8.64. The Hall–Kier alpha value is -0.490. The van der Waals surface area contributed by atoms with Crippen LogP contribution in [0.4, 0.5) is 0 Å². The Morgan fingerprint density at radius 3 is 1.68 bits per heavy atom. The minimum absolute atomic E-state index is 0.630. The molecule has 0 bridgehead atoms. The number of hydrogen-bond donors (Lipinski definition) is 0. The predicted molar refractivity (Wildman–Crippen MR) is 84.9 cm³/mol. The van der Waals surface area contributed by atoms with Crippen LogP contribution in [0, 0.1) is 0 Å². The molecule has 0 N–H and O–H groups in total. The minimum Gasteiger partial charge on any atom is -0.122 e. The van der Waals surface area contributed by atoms with Gasteiger partial charge in [0.15, 0.2) is 0 Å². The second-order valence-corrected chi connectivity index (χ2v) is 6.25. The van der Waals surface area contributed by atoms with Gasteiger partial charge in [0, 0.05) is 5.88 Å². The van der Waals surface area contributed by atoms with Crippen molar-refractivity contribution in [3.05, 3.63) is 35.4 Å². The molecule has 0 heterocycles. The van der Waals surface area contributed by atoms with Crippen LogP contribution in [0.1, 0.15) is 81.3 Å². The number of halogens is 1. The summed E-state index contributed by atoms with van der Waals surface area (Å²) in [6.45, 7) is 0. The summed E-state index contributed by atoms with van der Waals surface area (Å²) in [5.74, 6) is 1.41. The molecule has 1 fully saturated rings. The molecule has 1 heteroatoms. The van der Waals surface area contributed by atoms with Crippen LogP contribution in [0.5, 0.6) is 0 Å². The van der Waals surface area contributed by atoms with Crippen molar-refractivity contribution in [1.29, 1.82) is 0 Å². The summed E-state index contributed by atoms with van der Waals surface area (Å²) in [7, 11) is 0. The highest BCUT2D eigenvalue weighted by Crippen LogP contribution is 2.30. The summed E-state index contributed by atoms with van der Waals surface area (Å²) in [5.41, 5.74) is 2.77. The SMILES string of the molecule is ClCc1ccc(C2CCCCCCCCCC2)cc1. The quantitative estimate of drug-likeness (QED) is 0.547. The summed E-state index contributed by atoms with van der Waals surface area (Å²) in [4.78, 5) is 0. The van der Waals surface area contributed by atoms with Crippen LogP contribution in [0.15, 0.2) is 24.3 Å². The van der Waals surface area contributed by atoms with Gasteiger partial charge in [-0.15, -0.1) is 11.6 Å². The number of benzene rings is 1. The molecule has 0 nitrogen and oxygen atoms in total. The van der Waals surface area contributed by atoms with Crippen LogP contribution >= 0.6 is 11.6 Å². The van der Waals surface area contributed by atoms with E-state index in [4.69, 9.17) is 11.6 Å². The average molecular weight is 279 g/mol. The third-order valence-corrected chi connectivity index (χ3v) is 4.77. The van der Waals surface area contributed by atoms with Gasteiger partial charge in [0.25, 0.3) is 0 Å². The van der Waals surface area contributed by atoms with Gasteiger partial charge in [-0.05, 0) is 29.9 Å². The van der Waals surface area contributed by atoms with Gasteiger partial charge >= 0.3 is 0 Å². The van der Waals surface area contributed by atoms with Gasteiger partial charge < -0.3 is 0 Å². The topological polar surface area (TPSA) is 0 Å². The molecule has 1 aromatic rings. The standard InChI is InChI=1S/C18H27Cl/c19-15-16-11-13-18(14-12-16)17-9-7-5-3-1-2-4-6-8-10-17/h11-14,17H,1-10,15H2. The van der Waals surface area contributed by atoms with Crippen LogP contribution in [0.25, 0.3) is 0 Å². The van der Waals surface area contributed by atoms with Gasteiger partial charge in [0.1, 0.15) is 0 Å². The van der Waals surface area contributed by atoms with E-state index in [0.29, 0.717) is 5.88 Å². The van der Waals surface area contributed by atoms with E-state index in [1.54, 1.807) is 0 Å². The lowest BCUT2D eigenvalue weighted by molar-refractivity contribution is 0.514. The fraction of sp³-hybridized carbons (Fsp3) is 0.667. The van der Waals surface area contributed by atoms with E-state index in [1.165, 1.54) is 75.3 Å². The largest absolute Gasteiger partial charge is 0.122 e. The Morgan fingerprint density at radius 1 is 0.737 bits per heavy atom. The van der Waals surface area contributed by atoms with E-state index >= 15 is 0 Å². The molecule has 106 valence electrons. The molecule has 19 heavy (non-hydrogen) atoms. The molecule has 0 aliphatic heterocycles. The molecule has 0 saturated heterocycles. The maximum Gasteiger partial charge on any atom is 0.0474 e. The lowest BCUT2D eigenvalue weighted by Crippen LogP contribution is -1.99. The van der Waals surface area contributed by atoms with E-state index in [9.17, 15) is 0 Å². The fourth-order valence-electron chi connectivity index (χ4n) is 3.20. The molecule has 1 aliphatic carbocycles. The lowest BCUT2D eigenvalue weighted by atomic mass is 9.88. The third-order valence-electron chi connectivity index (χ3n) is 4.46. The van der Waals surface area contributed by atoms with Crippen LogP contribution in [0.2, 0.25) is 0 Å². The molecule has 0 aromatic heterocycles. The summed E-state index contributed by atoms with van der Waals surface area (Å²) in [6.07, 6.45) is 14.2. The van der Waals surface area contributed by atoms with Gasteiger partial charge in [-0.2, -0.15) is 0 Å². The van der Waals surface area contributed by atoms with Gasteiger partial charge in [0.2, 0.25) is 0 Å². The van der Waals surface area contributed by atoms with E-state index < -0.39 is 0 Å². The normalized spacial score (nSPS) is 19.8. The highest BCUT2D eigenvalue weighted by atomic mass is 35.5. The van der Waals surface area contributed by atoms with Gasteiger partial charge in [0.05, 0.1) is 0 Å². The average Bonchev–Trinajstić information content (AvgIpc) is 2.52. The Balaban J connectivity index is 1.96. The van der Waals surface area contributed by atoms with Crippen molar-refractivity contribution in [2.45, 2.75) is 76.0 Å². The first-order chi connectivity index (χ1) is 9.40. The molecule has 0 atom stereocenters. The maximum atomic E-state index is 5.87. The van der Waals surface area contributed by atoms with Crippen LogP contribution in [-0.2, 0) is 5.88 Å². The lowest BCUT2D eigenvalue weighted by Gasteiger charge is -2.17. The van der Waals surface area contributed by atoms with Crippen molar-refractivity contribution >= 4 is 11.6 Å². The molecule has 1 saturated carbocycles. The summed E-state index contributed by atoms with van der Waals surface area (Å²) in [5, 5.41) is 0. The molecule has 2 rings (SSSR count). The molecular weight excluding hydrogens is 252 g/mol. The fourth-order valence-corrected chi connectivity index (χ4v) is 3.38. The Kier molecular flexibility index (Phi) is 6.78. The summed E-state index contributed by atoms with van der Waals surface area (Å²) in [6, 6.07) is 9.02. The van der Waals surface area contributed by atoms with Crippen molar-refractivity contribution in [2.75, 3.05) is 0 Å². The summed E-state index contributed by atoms with van der Waals surface area (Å²) >= 11 is 5.87. The number of hydrogen-bond acceptors (Lipinski definition) is 0. The zero-order chi connectivity index (χ0) is 13.3. The highest BCUT2D eigenvalue weighted by molar-refractivity contribution is 6.17. The minimum atomic E-state index is 0.630. The van der Waals surface area contributed by atoms with Gasteiger partial charge in [-0.3, -0.25) is 0 Å². The molecule has 0 radical (unpaired) electrons. The molecular formula is C18H27Cl. The summed E-state index contributed by atoms with van der Waals surface area (Å²) < 4.78 is 0. The molecule has 0 amide bonds. The van der Waals surface area contributed by atoms with Crippen molar-refractivity contribution in [1.82, 2.24) is 0 Å². The van der Waals surface area contributed by atoms with Crippen molar-refractivity contribution in [2.24, 2.45) is 0 Å². The van der Waals surface area contributed by atoms with Crippen LogP contribution in [0.3, 0.4) is 0 Å². The monoisotopic (exact) mass is 278 g/mol. The van der Waals surface area contributed by atoms with Crippen LogP contribution < -0.4 is 0 Å². The third kappa shape index (κ3) is 5.18. The predicted octanol–water partition coefficient (Wildman–Crippen LogP) is 6.42. The Bertz CT molecular complexity index is 329. The molecule has 0 unspecified atom stereocenters. The van der Waals surface area contributed by atoms with Gasteiger partial charge in [-0.25, -0.2) is 0 Å². The van der Waals surface area contributed by atoms with Crippen molar-refractivity contribution in [3.8, 4) is 0 Å². The second-order valence-electron chi connectivity index (χ2n) is 5.98. The zero-order valence-corrected chi connectivity index (χ0v) is 12.8. The molecule has 1 aliphatic rings. The maximum absolute atomic E-state index is 5.87. The number of rotatable bonds is 2.